The zero-order chi connectivity index (χ0) is 22.2. The van der Waals surface area contributed by atoms with Crippen LogP contribution >= 0.6 is 0 Å². The molecule has 1 atom stereocenters. The molecule has 1 saturated heterocycles. The first-order valence-electron chi connectivity index (χ1n) is 11.5. The van der Waals surface area contributed by atoms with E-state index in [0.717, 1.165) is 48.4 Å². The summed E-state index contributed by atoms with van der Waals surface area (Å²) in [6, 6.07) is 24.0. The molecule has 0 bridgehead atoms. The summed E-state index contributed by atoms with van der Waals surface area (Å²) in [6.45, 7) is 9.17. The van der Waals surface area contributed by atoms with Crippen LogP contribution in [0.5, 0.6) is 0 Å². The molecule has 0 amide bonds. The van der Waals surface area contributed by atoms with Crippen LogP contribution in [-0.2, 0) is 6.54 Å². The maximum atomic E-state index is 13.2. The van der Waals surface area contributed by atoms with Crippen LogP contribution in [0.4, 0.5) is 5.69 Å². The fourth-order valence-corrected chi connectivity index (χ4v) is 5.08. The lowest BCUT2D eigenvalue weighted by Gasteiger charge is -2.20. The molecule has 1 aliphatic rings. The Balaban J connectivity index is 1.44. The van der Waals surface area contributed by atoms with E-state index in [0.29, 0.717) is 11.5 Å². The number of hydrogen-bond donors (Lipinski definition) is 0. The molecule has 161 valence electrons. The largest absolute Gasteiger partial charge is 0.371 e. The van der Waals surface area contributed by atoms with Crippen LogP contribution in [0.25, 0.3) is 10.9 Å². The van der Waals surface area contributed by atoms with Gasteiger partial charge in [-0.3, -0.25) is 4.79 Å². The highest BCUT2D eigenvalue weighted by Crippen LogP contribution is 2.36. The predicted octanol–water partition coefficient (Wildman–Crippen LogP) is 6.30. The van der Waals surface area contributed by atoms with Crippen molar-refractivity contribution in [2.24, 2.45) is 0 Å². The summed E-state index contributed by atoms with van der Waals surface area (Å²) in [5.74, 6) is 0.544. The lowest BCUT2D eigenvalue weighted by molar-refractivity contribution is 0.103. The van der Waals surface area contributed by atoms with E-state index in [1.54, 1.807) is 0 Å². The Morgan fingerprint density at radius 2 is 1.84 bits per heavy atom. The third kappa shape index (κ3) is 3.62. The normalized spacial score (nSPS) is 16.1. The quantitative estimate of drug-likeness (QED) is 0.353. The second kappa shape index (κ2) is 8.31. The number of aromatic nitrogens is 1. The summed E-state index contributed by atoms with van der Waals surface area (Å²) in [7, 11) is 0. The van der Waals surface area contributed by atoms with Gasteiger partial charge in [0.05, 0.1) is 0 Å². The highest BCUT2D eigenvalue weighted by molar-refractivity contribution is 6.10. The van der Waals surface area contributed by atoms with Crippen LogP contribution in [0.15, 0.2) is 66.9 Å². The van der Waals surface area contributed by atoms with Crippen molar-refractivity contribution in [3.05, 3.63) is 101 Å². The molecule has 1 fully saturated rings. The van der Waals surface area contributed by atoms with Gasteiger partial charge in [-0.2, -0.15) is 0 Å². The van der Waals surface area contributed by atoms with Gasteiger partial charge in [0, 0.05) is 59.5 Å². The standard InChI is InChI=1S/C29H29N2O/c1-4-30-19-27(26-11-7-8-12-28(26)30)22-13-14-31(18-22)24-16-20(2)15-23(17-24)29(32)25-10-6-5-9-21(25)3/h5-12,16-17,19,22H,4,13-14,18H2,1-3H3. The average molecular weight is 422 g/mol. The number of benzene rings is 3. The van der Waals surface area contributed by atoms with E-state index in [4.69, 9.17) is 0 Å². The van der Waals surface area contributed by atoms with Crippen LogP contribution in [0.3, 0.4) is 0 Å². The Morgan fingerprint density at radius 1 is 1.06 bits per heavy atom. The van der Waals surface area contributed by atoms with Crippen LogP contribution in [0, 0.1) is 19.9 Å². The van der Waals surface area contributed by atoms with Crippen molar-refractivity contribution in [1.29, 1.82) is 0 Å². The van der Waals surface area contributed by atoms with Gasteiger partial charge in [-0.1, -0.05) is 42.5 Å². The number of anilines is 1. The topological polar surface area (TPSA) is 25.2 Å². The summed E-state index contributed by atoms with van der Waals surface area (Å²) in [5.41, 5.74) is 7.31. The predicted molar refractivity (Wildman–Crippen MR) is 132 cm³/mol. The van der Waals surface area contributed by atoms with E-state index in [1.165, 1.54) is 16.5 Å². The van der Waals surface area contributed by atoms with Crippen molar-refractivity contribution < 1.29 is 4.79 Å². The van der Waals surface area contributed by atoms with Crippen LogP contribution < -0.4 is 4.90 Å². The van der Waals surface area contributed by atoms with Gasteiger partial charge in [0.25, 0.3) is 0 Å². The van der Waals surface area contributed by atoms with E-state index < -0.39 is 0 Å². The number of rotatable bonds is 5. The number of ketones is 1. The molecule has 0 saturated carbocycles. The third-order valence-corrected chi connectivity index (χ3v) is 6.78. The molecule has 1 aliphatic heterocycles. The number of carbonyl (C=O) groups excluding carboxylic acids is 1. The third-order valence-electron chi connectivity index (χ3n) is 6.78. The average Bonchev–Trinajstić information content (AvgIpc) is 3.43. The van der Waals surface area contributed by atoms with Gasteiger partial charge in [0.2, 0.25) is 0 Å². The zero-order valence-corrected chi connectivity index (χ0v) is 19.1. The number of fused-ring (bicyclic) bond motifs is 1. The lowest BCUT2D eigenvalue weighted by atomic mass is 9.97. The van der Waals surface area contributed by atoms with E-state index in [9.17, 15) is 4.79 Å². The molecule has 32 heavy (non-hydrogen) atoms. The summed E-state index contributed by atoms with van der Waals surface area (Å²) < 4.78 is 2.36. The molecule has 3 aromatic carbocycles. The van der Waals surface area contributed by atoms with E-state index in [-0.39, 0.29) is 5.78 Å². The van der Waals surface area contributed by atoms with E-state index in [1.807, 2.05) is 44.2 Å². The number of para-hydroxylation sites is 1. The SMILES string of the molecule is CCn1cc(C2CCN(c3cc(C)[c]c(C(=O)c4ccccc4C)c3)C2)c2ccccc21. The maximum absolute atomic E-state index is 13.2. The number of hydrogen-bond acceptors (Lipinski definition) is 2. The number of nitrogens with zero attached hydrogens (tertiary/aromatic N) is 2. The molecule has 3 nitrogen and oxygen atoms in total. The minimum Gasteiger partial charge on any atom is -0.371 e. The van der Waals surface area contributed by atoms with Crippen LogP contribution in [0.2, 0.25) is 0 Å². The van der Waals surface area contributed by atoms with Gasteiger partial charge in [0.15, 0.2) is 5.78 Å². The molecular weight excluding hydrogens is 392 g/mol. The van der Waals surface area contributed by atoms with Gasteiger partial charge in [-0.15, -0.1) is 0 Å². The Labute approximate surface area is 190 Å². The first-order chi connectivity index (χ1) is 15.5. The molecule has 4 aromatic rings. The van der Waals surface area contributed by atoms with Crippen molar-refractivity contribution in [2.75, 3.05) is 18.0 Å². The minimum atomic E-state index is 0.0508. The Morgan fingerprint density at radius 3 is 2.66 bits per heavy atom. The molecule has 3 heteroatoms. The van der Waals surface area contributed by atoms with E-state index in [2.05, 4.69) is 59.0 Å². The van der Waals surface area contributed by atoms with Gasteiger partial charge in [-0.25, -0.2) is 0 Å². The molecule has 0 N–H and O–H groups in total. The Bertz CT molecular complexity index is 1300. The lowest BCUT2D eigenvalue weighted by Crippen LogP contribution is -2.20. The second-order valence-corrected chi connectivity index (χ2v) is 8.90. The molecular formula is C29H29N2O. The Kier molecular flexibility index (Phi) is 5.34. The number of aryl methyl sites for hydroxylation is 3. The Hall–Kier alpha value is -3.33. The monoisotopic (exact) mass is 421 g/mol. The fraction of sp³-hybridized carbons (Fsp3) is 0.276. The van der Waals surface area contributed by atoms with Crippen molar-refractivity contribution in [3.63, 3.8) is 0 Å². The molecule has 2 heterocycles. The molecule has 1 aromatic heterocycles. The van der Waals surface area contributed by atoms with Crippen LogP contribution in [-0.4, -0.2) is 23.4 Å². The van der Waals surface area contributed by atoms with Gasteiger partial charge < -0.3 is 9.47 Å². The highest BCUT2D eigenvalue weighted by Gasteiger charge is 2.27. The van der Waals surface area contributed by atoms with Crippen molar-refractivity contribution >= 4 is 22.4 Å². The summed E-state index contributed by atoms with van der Waals surface area (Å²) in [4.78, 5) is 15.6. The highest BCUT2D eigenvalue weighted by atomic mass is 16.1. The first-order valence-corrected chi connectivity index (χ1v) is 11.5. The van der Waals surface area contributed by atoms with Crippen molar-refractivity contribution in [3.8, 4) is 0 Å². The zero-order valence-electron chi connectivity index (χ0n) is 19.1. The molecule has 5 rings (SSSR count). The maximum Gasteiger partial charge on any atom is 0.194 e. The first kappa shape index (κ1) is 20.6. The van der Waals surface area contributed by atoms with Gasteiger partial charge >= 0.3 is 0 Å². The van der Waals surface area contributed by atoms with Crippen molar-refractivity contribution in [1.82, 2.24) is 4.57 Å². The van der Waals surface area contributed by atoms with E-state index >= 15 is 0 Å². The smallest absolute Gasteiger partial charge is 0.194 e. The minimum absolute atomic E-state index is 0.0508. The second-order valence-electron chi connectivity index (χ2n) is 8.90. The summed E-state index contributed by atoms with van der Waals surface area (Å²) in [6.07, 6.45) is 3.46. The molecule has 1 unspecified atom stereocenters. The van der Waals surface area contributed by atoms with Crippen molar-refractivity contribution in [2.45, 2.75) is 39.7 Å². The molecule has 0 spiro atoms. The van der Waals surface area contributed by atoms with Gasteiger partial charge in [0.1, 0.15) is 0 Å². The van der Waals surface area contributed by atoms with Crippen LogP contribution in [0.1, 0.15) is 51.9 Å². The molecule has 1 radical (unpaired) electrons. The summed E-state index contributed by atoms with van der Waals surface area (Å²) in [5, 5.41) is 1.37. The fourth-order valence-electron chi connectivity index (χ4n) is 5.08. The van der Waals surface area contributed by atoms with Gasteiger partial charge in [-0.05, 0) is 68.1 Å². The summed E-state index contributed by atoms with van der Waals surface area (Å²) >= 11 is 0. The molecule has 0 aliphatic carbocycles. The number of carbonyl (C=O) groups is 1.